The Labute approximate surface area is 426 Å². The van der Waals surface area contributed by atoms with Gasteiger partial charge in [-0.2, -0.15) is 4.98 Å². The summed E-state index contributed by atoms with van der Waals surface area (Å²) in [5, 5.41) is 14.8. The number of hydrogen-bond acceptors (Lipinski definition) is 14. The molecular formula is C54H67N11O8. The molecule has 19 nitrogen and oxygen atoms in total. The number of nitrogens with zero attached hydrogens (tertiary/aromatic N) is 9. The minimum Gasteiger partial charge on any atom is -0.495 e. The average Bonchev–Trinajstić information content (AvgIpc) is 4.16. The van der Waals surface area contributed by atoms with Crippen molar-refractivity contribution in [2.24, 2.45) is 0 Å². The highest BCUT2D eigenvalue weighted by molar-refractivity contribution is 6.06. The Morgan fingerprint density at radius 2 is 1.77 bits per heavy atom. The predicted octanol–water partition coefficient (Wildman–Crippen LogP) is 7.32. The van der Waals surface area contributed by atoms with Gasteiger partial charge in [-0.25, -0.2) is 14.5 Å². The number of amides is 5. The molecule has 386 valence electrons. The molecule has 5 amide bonds. The molecule has 0 bridgehead atoms. The molecule has 3 aliphatic heterocycles. The molecule has 73 heavy (non-hydrogen) atoms. The summed E-state index contributed by atoms with van der Waals surface area (Å²) in [7, 11) is 3.42. The number of fused-ring (bicyclic) bond motifs is 2. The zero-order valence-corrected chi connectivity index (χ0v) is 42.8. The van der Waals surface area contributed by atoms with Gasteiger partial charge >= 0.3 is 6.09 Å². The van der Waals surface area contributed by atoms with Crippen LogP contribution in [-0.4, -0.2) is 128 Å². The minimum atomic E-state index is -0.658. The molecule has 1 saturated heterocycles. The maximum absolute atomic E-state index is 13.6. The van der Waals surface area contributed by atoms with Gasteiger partial charge < -0.3 is 39.1 Å². The molecular weight excluding hydrogens is 931 g/mol. The van der Waals surface area contributed by atoms with Gasteiger partial charge in [0.05, 0.1) is 37.8 Å². The quantitative estimate of drug-likeness (QED) is 0.0680. The van der Waals surface area contributed by atoms with Gasteiger partial charge in [0.1, 0.15) is 34.8 Å². The maximum atomic E-state index is 13.6. The molecule has 0 radical (unpaired) electrons. The van der Waals surface area contributed by atoms with Crippen LogP contribution in [0, 0.1) is 11.8 Å². The SMILES string of the molecule is CC[C@@H]1C(=O)N(C)c2cnc(Nc3ccc(-c4cn([C@H]5CC[C@@H](N(CCCOCCC#Cc6ccc7c(c6)CN(C6CCC(=O)NC6=O)C7=O)C(=O)OC(C)(C)C)CC5)nn4)cc3OC)nc2N1C1CCCC1. The number of likely N-dealkylation sites (N-methyl/N-ethyl adjacent to an activating group) is 1. The Morgan fingerprint density at radius 3 is 2.51 bits per heavy atom. The number of carbonyl (C=O) groups is 5. The smallest absolute Gasteiger partial charge is 0.410 e. The number of anilines is 4. The molecule has 1 unspecified atom stereocenters. The lowest BCUT2D eigenvalue weighted by Crippen LogP contribution is -2.55. The fourth-order valence-corrected chi connectivity index (χ4v) is 10.9. The molecule has 4 aromatic rings. The average molecular weight is 998 g/mol. The van der Waals surface area contributed by atoms with E-state index in [1.165, 1.54) is 4.90 Å². The number of carbonyl (C=O) groups excluding carboxylic acids is 5. The first-order chi connectivity index (χ1) is 35.2. The lowest BCUT2D eigenvalue weighted by atomic mass is 9.90. The monoisotopic (exact) mass is 998 g/mol. The molecule has 2 saturated carbocycles. The Balaban J connectivity index is 0.762. The van der Waals surface area contributed by atoms with Crippen LogP contribution in [-0.2, 0) is 30.4 Å². The summed E-state index contributed by atoms with van der Waals surface area (Å²) in [6.07, 6.45) is 13.3. The number of nitrogens with one attached hydrogen (secondary N) is 2. The largest absolute Gasteiger partial charge is 0.495 e. The van der Waals surface area contributed by atoms with E-state index in [2.05, 4.69) is 49.6 Å². The molecule has 5 aliphatic rings. The minimum absolute atomic E-state index is 0.00401. The number of rotatable bonds is 15. The second-order valence-electron chi connectivity index (χ2n) is 20.6. The summed E-state index contributed by atoms with van der Waals surface area (Å²) < 4.78 is 19.6. The molecule has 2 atom stereocenters. The van der Waals surface area contributed by atoms with E-state index in [0.717, 1.165) is 73.9 Å². The highest BCUT2D eigenvalue weighted by Crippen LogP contribution is 2.41. The standard InChI is InChI=1S/C54H67N11O8/c1-7-43-51(69)61(5)45-31-55-52(58-48(45)65(43)39-14-8-9-15-39)56-41-23-17-35(30-46(41)71-6)42-33-64(60-59-42)38-20-18-37(19-21-38)62(53(70)73-54(2,3)4)26-12-28-72-27-11-10-13-34-16-22-40-36(29-34)32-63(50(40)68)44-24-25-47(66)57-49(44)67/h16-17,22-23,29-31,33,37-39,43-44H,7-9,11-12,14-15,18-21,24-28,32H2,1-6H3,(H,55,56,58)(H,57,66,67)/t37-,38+,43-,44?/m1/s1. The summed E-state index contributed by atoms with van der Waals surface area (Å²) >= 11 is 0. The van der Waals surface area contributed by atoms with Crippen molar-refractivity contribution in [2.45, 2.75) is 154 Å². The summed E-state index contributed by atoms with van der Waals surface area (Å²) in [5.74, 6) is 7.22. The van der Waals surface area contributed by atoms with Crippen molar-refractivity contribution < 1.29 is 38.2 Å². The van der Waals surface area contributed by atoms with E-state index in [1.54, 1.807) is 37.4 Å². The summed E-state index contributed by atoms with van der Waals surface area (Å²) in [4.78, 5) is 81.0. The Bertz CT molecular complexity index is 2780. The Kier molecular flexibility index (Phi) is 15.3. The van der Waals surface area contributed by atoms with Crippen molar-refractivity contribution in [2.75, 3.05) is 49.0 Å². The second kappa shape index (κ2) is 22.0. The maximum Gasteiger partial charge on any atom is 0.410 e. The van der Waals surface area contributed by atoms with Crippen LogP contribution in [0.3, 0.4) is 0 Å². The summed E-state index contributed by atoms with van der Waals surface area (Å²) in [5.41, 5.74) is 4.46. The van der Waals surface area contributed by atoms with Crippen molar-refractivity contribution in [1.29, 1.82) is 0 Å². The topological polar surface area (TPSA) is 207 Å². The van der Waals surface area contributed by atoms with E-state index in [4.69, 9.17) is 19.2 Å². The number of benzene rings is 2. The van der Waals surface area contributed by atoms with Gasteiger partial charge in [-0.05, 0) is 114 Å². The third-order valence-corrected chi connectivity index (χ3v) is 14.6. The van der Waals surface area contributed by atoms with Crippen molar-refractivity contribution >= 4 is 52.9 Å². The van der Waals surface area contributed by atoms with E-state index in [0.29, 0.717) is 86.3 Å². The van der Waals surface area contributed by atoms with E-state index in [-0.39, 0.29) is 54.4 Å². The van der Waals surface area contributed by atoms with Gasteiger partial charge in [0, 0.05) is 68.4 Å². The van der Waals surface area contributed by atoms with Crippen LogP contribution in [0.2, 0.25) is 0 Å². The second-order valence-corrected chi connectivity index (χ2v) is 20.6. The molecule has 0 spiro atoms. The van der Waals surface area contributed by atoms with E-state index in [1.807, 2.05) is 60.8 Å². The van der Waals surface area contributed by atoms with Gasteiger partial charge in [0.25, 0.3) is 5.91 Å². The Hall–Kier alpha value is -7.07. The van der Waals surface area contributed by atoms with Gasteiger partial charge in [0.2, 0.25) is 23.7 Å². The zero-order chi connectivity index (χ0) is 51.4. The molecule has 2 aliphatic carbocycles. The van der Waals surface area contributed by atoms with Crippen LogP contribution in [0.15, 0.2) is 48.8 Å². The molecule has 19 heteroatoms. The highest BCUT2D eigenvalue weighted by atomic mass is 16.6. The van der Waals surface area contributed by atoms with Crippen molar-refractivity contribution in [1.82, 2.24) is 40.1 Å². The van der Waals surface area contributed by atoms with Crippen molar-refractivity contribution in [3.63, 3.8) is 0 Å². The Morgan fingerprint density at radius 1 is 0.973 bits per heavy atom. The molecule has 2 aromatic carbocycles. The van der Waals surface area contributed by atoms with Crippen LogP contribution >= 0.6 is 0 Å². The third-order valence-electron chi connectivity index (χ3n) is 14.6. The number of imide groups is 1. The molecule has 9 rings (SSSR count). The fraction of sp³-hybridized carbons (Fsp3) is 0.537. The number of ether oxygens (including phenoxy) is 3. The third kappa shape index (κ3) is 11.3. The van der Waals surface area contributed by atoms with Gasteiger partial charge in [0.15, 0.2) is 5.82 Å². The van der Waals surface area contributed by atoms with Gasteiger partial charge in [-0.15, -0.1) is 5.10 Å². The summed E-state index contributed by atoms with van der Waals surface area (Å²) in [6.45, 7) is 9.37. The molecule has 3 fully saturated rings. The van der Waals surface area contributed by atoms with Crippen LogP contribution in [0.25, 0.3) is 11.3 Å². The molecule has 2 aromatic heterocycles. The number of piperidine rings is 1. The fourth-order valence-electron chi connectivity index (χ4n) is 10.9. The summed E-state index contributed by atoms with van der Waals surface area (Å²) in [6, 6.07) is 10.7. The normalized spacial score (nSPS) is 21.1. The first kappa shape index (κ1) is 50.9. The van der Waals surface area contributed by atoms with Gasteiger partial charge in [-0.3, -0.25) is 24.5 Å². The number of hydrogen-bond donors (Lipinski definition) is 2. The zero-order valence-electron chi connectivity index (χ0n) is 42.8. The molecule has 5 heterocycles. The number of aromatic nitrogens is 5. The predicted molar refractivity (Wildman–Crippen MR) is 273 cm³/mol. The van der Waals surface area contributed by atoms with Crippen molar-refractivity contribution in [3.8, 4) is 28.8 Å². The molecule has 2 N–H and O–H groups in total. The first-order valence-corrected chi connectivity index (χ1v) is 25.8. The van der Waals surface area contributed by atoms with E-state index >= 15 is 0 Å². The lowest BCUT2D eigenvalue weighted by Gasteiger charge is -2.43. The number of methoxy groups -OCH3 is 1. The van der Waals surface area contributed by atoms with Crippen LogP contribution in [0.4, 0.5) is 27.9 Å². The van der Waals surface area contributed by atoms with Crippen molar-refractivity contribution in [3.05, 3.63) is 65.5 Å². The highest BCUT2D eigenvalue weighted by Gasteiger charge is 2.42. The van der Waals surface area contributed by atoms with E-state index < -0.39 is 17.6 Å². The van der Waals surface area contributed by atoms with E-state index in [9.17, 15) is 24.0 Å². The first-order valence-electron chi connectivity index (χ1n) is 25.8. The lowest BCUT2D eigenvalue weighted by molar-refractivity contribution is -0.137. The van der Waals surface area contributed by atoms with Crippen LogP contribution < -0.4 is 25.2 Å². The van der Waals surface area contributed by atoms with Crippen LogP contribution in [0.1, 0.15) is 139 Å². The van der Waals surface area contributed by atoms with Crippen LogP contribution in [0.5, 0.6) is 5.75 Å². The van der Waals surface area contributed by atoms with Gasteiger partial charge in [-0.1, -0.05) is 42.9 Å².